The zero-order chi connectivity index (χ0) is 15.2. The quantitative estimate of drug-likeness (QED) is 0.867. The fourth-order valence-electron chi connectivity index (χ4n) is 2.57. The molecular weight excluding hydrogens is 337 g/mol. The average molecular weight is 364 g/mol. The summed E-state index contributed by atoms with van der Waals surface area (Å²) in [5, 5.41) is 0. The van der Waals surface area contributed by atoms with Gasteiger partial charge in [-0.25, -0.2) is 0 Å². The Bertz CT molecular complexity index is 482. The van der Waals surface area contributed by atoms with Gasteiger partial charge in [0, 0.05) is 44.8 Å². The summed E-state index contributed by atoms with van der Waals surface area (Å²) in [6.07, 6.45) is 0. The predicted molar refractivity (Wildman–Crippen MR) is 98.7 cm³/mol. The lowest BCUT2D eigenvalue weighted by Crippen LogP contribution is -2.38. The van der Waals surface area contributed by atoms with Crippen LogP contribution in [0.4, 0.5) is 5.69 Å². The monoisotopic (exact) mass is 363 g/mol. The minimum Gasteiger partial charge on any atom is -0.378 e. The molecule has 0 aromatic heterocycles. The summed E-state index contributed by atoms with van der Waals surface area (Å²) >= 11 is 0. The van der Waals surface area contributed by atoms with Gasteiger partial charge < -0.3 is 20.3 Å². The van der Waals surface area contributed by atoms with Crippen LogP contribution < -0.4 is 10.6 Å². The Labute approximate surface area is 151 Å². The maximum absolute atomic E-state index is 12.2. The zero-order valence-electron chi connectivity index (χ0n) is 13.7. The zero-order valence-corrected chi connectivity index (χ0v) is 15.4. The average Bonchev–Trinajstić information content (AvgIpc) is 2.54. The Hall–Kier alpha value is -1.01. The molecule has 1 atom stereocenters. The standard InChI is InChI=1S/C16H25N3O2.2ClH/c1-13(11-17)16(20)18(2)12-14-5-3-4-6-15(14)19-7-9-21-10-8-19;;/h3-6,13H,7-12,17H2,1-2H3;2*1H. The number of hydrogen-bond acceptors (Lipinski definition) is 4. The van der Waals surface area contributed by atoms with Crippen molar-refractivity contribution in [3.8, 4) is 0 Å². The van der Waals surface area contributed by atoms with E-state index < -0.39 is 0 Å². The summed E-state index contributed by atoms with van der Waals surface area (Å²) in [7, 11) is 1.84. The Balaban J connectivity index is 0.00000242. The van der Waals surface area contributed by atoms with Gasteiger partial charge in [-0.05, 0) is 11.6 Å². The van der Waals surface area contributed by atoms with E-state index in [1.165, 1.54) is 11.3 Å². The molecule has 1 aromatic carbocycles. The topological polar surface area (TPSA) is 58.8 Å². The van der Waals surface area contributed by atoms with Crippen LogP contribution in [-0.4, -0.2) is 50.7 Å². The number of rotatable bonds is 5. The molecule has 0 bridgehead atoms. The van der Waals surface area contributed by atoms with Gasteiger partial charge in [0.25, 0.3) is 0 Å². The Morgan fingerprint density at radius 2 is 1.91 bits per heavy atom. The lowest BCUT2D eigenvalue weighted by Gasteiger charge is -2.31. The summed E-state index contributed by atoms with van der Waals surface area (Å²) in [5.41, 5.74) is 7.94. The molecular formula is C16H27Cl2N3O2. The molecule has 0 aliphatic carbocycles. The summed E-state index contributed by atoms with van der Waals surface area (Å²) in [6.45, 7) is 6.17. The van der Waals surface area contributed by atoms with Crippen LogP contribution in [-0.2, 0) is 16.1 Å². The van der Waals surface area contributed by atoms with Gasteiger partial charge >= 0.3 is 0 Å². The molecule has 5 nitrogen and oxygen atoms in total. The molecule has 1 unspecified atom stereocenters. The van der Waals surface area contributed by atoms with E-state index in [9.17, 15) is 4.79 Å². The van der Waals surface area contributed by atoms with E-state index in [1.54, 1.807) is 4.90 Å². The highest BCUT2D eigenvalue weighted by Gasteiger charge is 2.19. The van der Waals surface area contributed by atoms with E-state index in [1.807, 2.05) is 26.1 Å². The molecule has 7 heteroatoms. The van der Waals surface area contributed by atoms with Gasteiger partial charge in [-0.3, -0.25) is 4.79 Å². The fraction of sp³-hybridized carbons (Fsp3) is 0.562. The van der Waals surface area contributed by atoms with Crippen molar-refractivity contribution in [2.45, 2.75) is 13.5 Å². The summed E-state index contributed by atoms with van der Waals surface area (Å²) < 4.78 is 5.41. The largest absolute Gasteiger partial charge is 0.378 e. The van der Waals surface area contributed by atoms with Crippen LogP contribution in [0, 0.1) is 5.92 Å². The van der Waals surface area contributed by atoms with Crippen LogP contribution in [0.3, 0.4) is 0 Å². The minimum absolute atomic E-state index is 0. The number of nitrogens with two attached hydrogens (primary N) is 1. The number of morpholine rings is 1. The molecule has 2 N–H and O–H groups in total. The molecule has 132 valence electrons. The highest BCUT2D eigenvalue weighted by molar-refractivity contribution is 5.85. The Morgan fingerprint density at radius 1 is 1.30 bits per heavy atom. The number of ether oxygens (including phenoxy) is 1. The molecule has 0 spiro atoms. The third-order valence-electron chi connectivity index (χ3n) is 3.90. The first-order valence-electron chi connectivity index (χ1n) is 7.49. The smallest absolute Gasteiger partial charge is 0.226 e. The van der Waals surface area contributed by atoms with Crippen molar-refractivity contribution in [1.29, 1.82) is 0 Å². The highest BCUT2D eigenvalue weighted by Crippen LogP contribution is 2.23. The van der Waals surface area contributed by atoms with Crippen LogP contribution in [0.15, 0.2) is 24.3 Å². The maximum Gasteiger partial charge on any atom is 0.226 e. The number of carbonyl (C=O) groups is 1. The van der Waals surface area contributed by atoms with E-state index >= 15 is 0 Å². The van der Waals surface area contributed by atoms with E-state index in [4.69, 9.17) is 10.5 Å². The number of para-hydroxylation sites is 1. The lowest BCUT2D eigenvalue weighted by molar-refractivity contribution is -0.133. The maximum atomic E-state index is 12.2. The fourth-order valence-corrected chi connectivity index (χ4v) is 2.57. The number of amides is 1. The van der Waals surface area contributed by atoms with Crippen molar-refractivity contribution >= 4 is 36.4 Å². The number of hydrogen-bond donors (Lipinski definition) is 1. The van der Waals surface area contributed by atoms with Crippen molar-refractivity contribution in [3.05, 3.63) is 29.8 Å². The lowest BCUT2D eigenvalue weighted by atomic mass is 10.1. The number of anilines is 1. The molecule has 0 radical (unpaired) electrons. The predicted octanol–water partition coefficient (Wildman–Crippen LogP) is 1.92. The van der Waals surface area contributed by atoms with Crippen molar-refractivity contribution in [2.24, 2.45) is 11.7 Å². The van der Waals surface area contributed by atoms with Gasteiger partial charge in [0.1, 0.15) is 0 Å². The summed E-state index contributed by atoms with van der Waals surface area (Å²) in [6, 6.07) is 8.26. The third-order valence-corrected chi connectivity index (χ3v) is 3.90. The van der Waals surface area contributed by atoms with Gasteiger partial charge in [-0.15, -0.1) is 24.8 Å². The number of nitrogens with zero attached hydrogens (tertiary/aromatic N) is 2. The Kier molecular flexibility index (Phi) is 10.2. The van der Waals surface area contributed by atoms with Crippen LogP contribution in [0.25, 0.3) is 0 Å². The molecule has 1 fully saturated rings. The molecule has 1 aromatic rings. The summed E-state index contributed by atoms with van der Waals surface area (Å²) in [5.74, 6) is -0.0418. The second-order valence-electron chi connectivity index (χ2n) is 5.56. The first-order chi connectivity index (χ1) is 10.1. The van der Waals surface area contributed by atoms with Crippen molar-refractivity contribution < 1.29 is 9.53 Å². The van der Waals surface area contributed by atoms with Gasteiger partial charge in [0.05, 0.1) is 13.2 Å². The SMILES string of the molecule is CC(CN)C(=O)N(C)Cc1ccccc1N1CCOCC1.Cl.Cl. The van der Waals surface area contributed by atoms with Gasteiger partial charge in [-0.2, -0.15) is 0 Å². The van der Waals surface area contributed by atoms with Gasteiger partial charge in [0.2, 0.25) is 5.91 Å². The van der Waals surface area contributed by atoms with Crippen LogP contribution in [0.5, 0.6) is 0 Å². The van der Waals surface area contributed by atoms with Gasteiger partial charge in [-0.1, -0.05) is 25.1 Å². The number of carbonyl (C=O) groups excluding carboxylic acids is 1. The van der Waals surface area contributed by atoms with E-state index in [-0.39, 0.29) is 36.6 Å². The second kappa shape index (κ2) is 10.7. The highest BCUT2D eigenvalue weighted by atomic mass is 35.5. The van der Waals surface area contributed by atoms with Crippen molar-refractivity contribution in [2.75, 3.05) is 44.8 Å². The van der Waals surface area contributed by atoms with Crippen LogP contribution >= 0.6 is 24.8 Å². The third kappa shape index (κ3) is 5.84. The minimum atomic E-state index is -0.134. The second-order valence-corrected chi connectivity index (χ2v) is 5.56. The van der Waals surface area contributed by atoms with Crippen molar-refractivity contribution in [3.63, 3.8) is 0 Å². The molecule has 1 saturated heterocycles. The number of halogens is 2. The van der Waals surface area contributed by atoms with E-state index in [2.05, 4.69) is 17.0 Å². The molecule has 0 saturated carbocycles. The summed E-state index contributed by atoms with van der Waals surface area (Å²) in [4.78, 5) is 16.3. The molecule has 2 rings (SSSR count). The molecule has 23 heavy (non-hydrogen) atoms. The number of benzene rings is 1. The molecule has 1 heterocycles. The normalized spacial score (nSPS) is 15.2. The molecule has 1 amide bonds. The Morgan fingerprint density at radius 3 is 2.52 bits per heavy atom. The first kappa shape index (κ1) is 22.0. The van der Waals surface area contributed by atoms with Crippen molar-refractivity contribution in [1.82, 2.24) is 4.90 Å². The molecule has 1 aliphatic heterocycles. The van der Waals surface area contributed by atoms with Gasteiger partial charge in [0.15, 0.2) is 0 Å². The van der Waals surface area contributed by atoms with Crippen LogP contribution in [0.2, 0.25) is 0 Å². The van der Waals surface area contributed by atoms with E-state index in [0.29, 0.717) is 13.1 Å². The van der Waals surface area contributed by atoms with Crippen LogP contribution in [0.1, 0.15) is 12.5 Å². The first-order valence-corrected chi connectivity index (χ1v) is 7.49. The van der Waals surface area contributed by atoms with E-state index in [0.717, 1.165) is 26.3 Å². The molecule has 1 aliphatic rings.